The van der Waals surface area contributed by atoms with E-state index >= 15 is 0 Å². The number of benzene rings is 1. The van der Waals surface area contributed by atoms with Gasteiger partial charge in [0.2, 0.25) is 0 Å². The topological polar surface area (TPSA) is 63.8 Å². The van der Waals surface area contributed by atoms with Crippen molar-refractivity contribution < 1.29 is 0 Å². The molecule has 5 heteroatoms. The predicted molar refractivity (Wildman–Crippen MR) is 65.4 cm³/mol. The molecule has 0 aliphatic heterocycles. The fraction of sp³-hybridized carbons (Fsp3) is 0.182. The van der Waals surface area contributed by atoms with Gasteiger partial charge in [-0.2, -0.15) is 10.4 Å². The summed E-state index contributed by atoms with van der Waals surface area (Å²) in [6, 6.07) is 9.34. The smallest absolute Gasteiger partial charge is 0.130 e. The molecule has 1 rings (SSSR count). The Morgan fingerprint density at radius 1 is 1.50 bits per heavy atom. The molecule has 0 heterocycles. The van der Waals surface area contributed by atoms with Crippen LogP contribution in [0.15, 0.2) is 34.5 Å². The molecule has 0 aromatic heterocycles. The van der Waals surface area contributed by atoms with Crippen molar-refractivity contribution in [1.82, 2.24) is 5.43 Å². The summed E-state index contributed by atoms with van der Waals surface area (Å²) >= 11 is 0. The minimum Gasteiger partial charge on any atom is -0.287 e. The van der Waals surface area contributed by atoms with Crippen LogP contribution in [0, 0.1) is 11.3 Å². The van der Waals surface area contributed by atoms with Crippen molar-refractivity contribution in [1.29, 1.82) is 5.26 Å². The van der Waals surface area contributed by atoms with E-state index in [0.717, 1.165) is 12.2 Å². The van der Waals surface area contributed by atoms with Gasteiger partial charge in [0.15, 0.2) is 0 Å². The van der Waals surface area contributed by atoms with Crippen LogP contribution < -0.4 is 10.4 Å². The Balaban J connectivity index is 2.75. The highest BCUT2D eigenvalue weighted by molar-refractivity contribution is 5.60. The molecule has 0 aliphatic carbocycles. The number of nitrogens with zero attached hydrogens (tertiary/aromatic N) is 4. The Bertz CT molecular complexity index is 401. The van der Waals surface area contributed by atoms with Gasteiger partial charge in [0.05, 0.1) is 17.3 Å². The third-order valence-electron chi connectivity index (χ3n) is 1.98. The molecule has 0 bridgehead atoms. The molecule has 5 nitrogen and oxygen atoms in total. The molecular formula is C11H13N5. The molecule has 0 atom stereocenters. The second-order valence-corrected chi connectivity index (χ2v) is 2.92. The molecule has 0 aliphatic rings. The van der Waals surface area contributed by atoms with Gasteiger partial charge in [-0.3, -0.25) is 10.4 Å². The summed E-state index contributed by atoms with van der Waals surface area (Å²) in [6.45, 7) is 6.00. The van der Waals surface area contributed by atoms with Crippen LogP contribution in [0.25, 0.3) is 0 Å². The third-order valence-corrected chi connectivity index (χ3v) is 1.98. The van der Waals surface area contributed by atoms with Crippen LogP contribution in [0.4, 0.5) is 5.69 Å². The quantitative estimate of drug-likeness (QED) is 0.460. The Hall–Kier alpha value is -2.35. The Morgan fingerprint density at radius 2 is 2.19 bits per heavy atom. The van der Waals surface area contributed by atoms with Crippen molar-refractivity contribution in [3.63, 3.8) is 0 Å². The van der Waals surface area contributed by atoms with E-state index in [0.29, 0.717) is 5.56 Å². The van der Waals surface area contributed by atoms with E-state index in [9.17, 15) is 0 Å². The molecule has 0 amide bonds. The Morgan fingerprint density at radius 3 is 2.69 bits per heavy atom. The maximum atomic E-state index is 8.68. The molecular weight excluding hydrogens is 202 g/mol. The summed E-state index contributed by atoms with van der Waals surface area (Å²) in [5, 5.41) is 17.5. The van der Waals surface area contributed by atoms with Crippen LogP contribution in [-0.2, 0) is 0 Å². The largest absolute Gasteiger partial charge is 0.287 e. The zero-order chi connectivity index (χ0) is 11.8. The van der Waals surface area contributed by atoms with E-state index in [1.165, 1.54) is 6.34 Å². The summed E-state index contributed by atoms with van der Waals surface area (Å²) < 4.78 is 0. The number of nitrogens with one attached hydrogen (secondary N) is 1. The van der Waals surface area contributed by atoms with E-state index in [1.807, 2.05) is 24.1 Å². The summed E-state index contributed by atoms with van der Waals surface area (Å²) in [4.78, 5) is 0. The second-order valence-electron chi connectivity index (χ2n) is 2.92. The average molecular weight is 215 g/mol. The van der Waals surface area contributed by atoms with E-state index in [-0.39, 0.29) is 0 Å². The SMILES string of the molecule is C=N/N=C\NN(CC)c1ccc(C#N)cc1. The first kappa shape index (κ1) is 11.7. The molecule has 1 N–H and O–H groups in total. The van der Waals surface area contributed by atoms with E-state index in [1.54, 1.807) is 12.1 Å². The summed E-state index contributed by atoms with van der Waals surface area (Å²) in [5.74, 6) is 0. The first-order chi connectivity index (χ1) is 7.81. The highest BCUT2D eigenvalue weighted by Crippen LogP contribution is 2.12. The third kappa shape index (κ3) is 3.10. The molecule has 0 radical (unpaired) electrons. The van der Waals surface area contributed by atoms with Gasteiger partial charge < -0.3 is 0 Å². The van der Waals surface area contributed by atoms with Crippen molar-refractivity contribution in [3.8, 4) is 6.07 Å². The maximum Gasteiger partial charge on any atom is 0.130 e. The van der Waals surface area contributed by atoms with Crippen LogP contribution in [0.3, 0.4) is 0 Å². The fourth-order valence-corrected chi connectivity index (χ4v) is 1.20. The zero-order valence-corrected chi connectivity index (χ0v) is 9.09. The minimum atomic E-state index is 0.640. The number of hydrogen-bond donors (Lipinski definition) is 1. The van der Waals surface area contributed by atoms with Gasteiger partial charge in [-0.25, -0.2) is 0 Å². The molecule has 0 unspecified atom stereocenters. The van der Waals surface area contributed by atoms with Gasteiger partial charge in [0.25, 0.3) is 0 Å². The lowest BCUT2D eigenvalue weighted by atomic mass is 10.2. The van der Waals surface area contributed by atoms with Gasteiger partial charge in [0.1, 0.15) is 6.34 Å². The molecule has 16 heavy (non-hydrogen) atoms. The van der Waals surface area contributed by atoms with Gasteiger partial charge in [-0.1, -0.05) is 0 Å². The average Bonchev–Trinajstić information content (AvgIpc) is 2.35. The lowest BCUT2D eigenvalue weighted by Gasteiger charge is -2.21. The van der Waals surface area contributed by atoms with Gasteiger partial charge >= 0.3 is 0 Å². The van der Waals surface area contributed by atoms with Crippen LogP contribution >= 0.6 is 0 Å². The number of hydrogen-bond acceptors (Lipinski definition) is 4. The van der Waals surface area contributed by atoms with E-state index < -0.39 is 0 Å². The van der Waals surface area contributed by atoms with Crippen molar-refractivity contribution in [2.45, 2.75) is 6.92 Å². The summed E-state index contributed by atoms with van der Waals surface area (Å²) in [5.41, 5.74) is 4.54. The monoisotopic (exact) mass is 215 g/mol. The lowest BCUT2D eigenvalue weighted by molar-refractivity contribution is 0.802. The van der Waals surface area contributed by atoms with Crippen LogP contribution in [0.2, 0.25) is 0 Å². The number of anilines is 1. The normalized spacial score (nSPS) is 9.75. The molecule has 1 aromatic rings. The minimum absolute atomic E-state index is 0.640. The zero-order valence-electron chi connectivity index (χ0n) is 9.09. The van der Waals surface area contributed by atoms with Gasteiger partial charge in [-0.05, 0) is 31.2 Å². The predicted octanol–water partition coefficient (Wildman–Crippen LogP) is 1.53. The fourth-order valence-electron chi connectivity index (χ4n) is 1.20. The number of rotatable bonds is 5. The van der Waals surface area contributed by atoms with Crippen molar-refractivity contribution in [2.24, 2.45) is 10.2 Å². The van der Waals surface area contributed by atoms with Gasteiger partial charge in [0, 0.05) is 13.3 Å². The van der Waals surface area contributed by atoms with E-state index in [2.05, 4.69) is 28.4 Å². The first-order valence-corrected chi connectivity index (χ1v) is 4.83. The molecule has 0 spiro atoms. The summed E-state index contributed by atoms with van der Waals surface area (Å²) in [6.07, 6.45) is 1.45. The number of nitriles is 1. The molecule has 0 saturated heterocycles. The van der Waals surface area contributed by atoms with Crippen LogP contribution in [0.1, 0.15) is 12.5 Å². The molecule has 0 saturated carbocycles. The van der Waals surface area contributed by atoms with Crippen molar-refractivity contribution in [3.05, 3.63) is 29.8 Å². The van der Waals surface area contributed by atoms with Crippen molar-refractivity contribution in [2.75, 3.05) is 11.6 Å². The maximum absolute atomic E-state index is 8.68. The van der Waals surface area contributed by atoms with E-state index in [4.69, 9.17) is 5.26 Å². The highest BCUT2D eigenvalue weighted by atomic mass is 15.5. The molecule has 82 valence electrons. The Labute approximate surface area is 94.7 Å². The van der Waals surface area contributed by atoms with Crippen LogP contribution in [-0.4, -0.2) is 19.6 Å². The van der Waals surface area contributed by atoms with Gasteiger partial charge in [-0.15, -0.1) is 5.10 Å². The van der Waals surface area contributed by atoms with Crippen LogP contribution in [0.5, 0.6) is 0 Å². The standard InChI is InChI=1S/C11H13N5/c1-3-16(15-9-14-13-2)11-6-4-10(8-12)5-7-11/h4-7,9H,2-3H2,1H3,(H,14,15). The highest BCUT2D eigenvalue weighted by Gasteiger charge is 2.01. The lowest BCUT2D eigenvalue weighted by Crippen LogP contribution is -2.36. The molecule has 1 aromatic carbocycles. The first-order valence-electron chi connectivity index (χ1n) is 4.83. The second kappa shape index (κ2) is 6.19. The van der Waals surface area contributed by atoms with Crippen molar-refractivity contribution >= 4 is 18.7 Å². The Kier molecular flexibility index (Phi) is 4.54. The number of hydrazine groups is 1. The summed E-state index contributed by atoms with van der Waals surface area (Å²) in [7, 11) is 0. The molecule has 0 fully saturated rings.